The van der Waals surface area contributed by atoms with Crippen LogP contribution in [-0.2, 0) is 6.42 Å². The summed E-state index contributed by atoms with van der Waals surface area (Å²) in [5.41, 5.74) is 2.13. The third-order valence-electron chi connectivity index (χ3n) is 2.98. The molecule has 14 heavy (non-hydrogen) atoms. The van der Waals surface area contributed by atoms with Crippen LogP contribution in [-0.4, -0.2) is 17.3 Å². The topological polar surface area (TPSA) is 32.3 Å². The Balaban J connectivity index is 2.33. The summed E-state index contributed by atoms with van der Waals surface area (Å²) in [5.74, 6) is 0. The molecule has 2 nitrogen and oxygen atoms in total. The molecule has 0 bridgehead atoms. The largest absolute Gasteiger partial charge is 0.394 e. The number of hydrogen-bond acceptors (Lipinski definition) is 2. The second-order valence-electron chi connectivity index (χ2n) is 3.90. The molecule has 0 saturated carbocycles. The van der Waals surface area contributed by atoms with Crippen molar-refractivity contribution in [3.05, 3.63) is 28.8 Å². The van der Waals surface area contributed by atoms with Crippen LogP contribution in [0.2, 0.25) is 5.02 Å². The van der Waals surface area contributed by atoms with Crippen molar-refractivity contribution in [2.75, 3.05) is 11.9 Å². The summed E-state index contributed by atoms with van der Waals surface area (Å²) in [6.07, 6.45) is 1.77. The molecule has 1 aromatic rings. The van der Waals surface area contributed by atoms with Crippen molar-refractivity contribution in [2.45, 2.75) is 25.3 Å². The highest BCUT2D eigenvalue weighted by atomic mass is 35.5. The average molecular weight is 212 g/mol. The molecule has 0 fully saturated rings. The van der Waals surface area contributed by atoms with Crippen LogP contribution in [0.1, 0.15) is 18.9 Å². The van der Waals surface area contributed by atoms with Crippen LogP contribution in [0.5, 0.6) is 0 Å². The molecule has 1 atom stereocenters. The fourth-order valence-corrected chi connectivity index (χ4v) is 2.14. The lowest BCUT2D eigenvalue weighted by atomic mass is 9.93. The zero-order valence-electron chi connectivity index (χ0n) is 8.18. The molecule has 2 rings (SSSR count). The van der Waals surface area contributed by atoms with Gasteiger partial charge in [-0.1, -0.05) is 18.5 Å². The molecular formula is C11H14ClNO. The van der Waals surface area contributed by atoms with Crippen LogP contribution in [0.3, 0.4) is 0 Å². The van der Waals surface area contributed by atoms with Gasteiger partial charge in [0, 0.05) is 10.7 Å². The Morgan fingerprint density at radius 1 is 1.57 bits per heavy atom. The van der Waals surface area contributed by atoms with Crippen molar-refractivity contribution < 1.29 is 5.11 Å². The van der Waals surface area contributed by atoms with Gasteiger partial charge in [0.15, 0.2) is 0 Å². The van der Waals surface area contributed by atoms with Gasteiger partial charge >= 0.3 is 0 Å². The highest BCUT2D eigenvalue weighted by molar-refractivity contribution is 6.30. The fourth-order valence-electron chi connectivity index (χ4n) is 1.95. The number of nitrogens with one attached hydrogen (secondary N) is 1. The number of hydrogen-bond donors (Lipinski definition) is 2. The maximum atomic E-state index is 9.36. The number of anilines is 1. The van der Waals surface area contributed by atoms with E-state index in [1.54, 1.807) is 0 Å². The number of halogens is 1. The van der Waals surface area contributed by atoms with E-state index in [1.807, 2.05) is 18.2 Å². The molecule has 1 aliphatic heterocycles. The lowest BCUT2D eigenvalue weighted by molar-refractivity contribution is 0.211. The van der Waals surface area contributed by atoms with Gasteiger partial charge in [0.25, 0.3) is 0 Å². The maximum Gasteiger partial charge on any atom is 0.0664 e. The average Bonchev–Trinajstić information content (AvgIpc) is 2.56. The summed E-state index contributed by atoms with van der Waals surface area (Å²) in [7, 11) is 0. The Morgan fingerprint density at radius 3 is 3.00 bits per heavy atom. The third-order valence-corrected chi connectivity index (χ3v) is 3.21. The molecule has 0 saturated heterocycles. The molecule has 1 aliphatic rings. The smallest absolute Gasteiger partial charge is 0.0664 e. The van der Waals surface area contributed by atoms with Crippen molar-refractivity contribution in [1.29, 1.82) is 0 Å². The van der Waals surface area contributed by atoms with Gasteiger partial charge in [0.05, 0.1) is 12.1 Å². The monoisotopic (exact) mass is 211 g/mol. The van der Waals surface area contributed by atoms with Crippen molar-refractivity contribution in [1.82, 2.24) is 0 Å². The number of rotatable bonds is 2. The van der Waals surface area contributed by atoms with E-state index < -0.39 is 0 Å². The van der Waals surface area contributed by atoms with Gasteiger partial charge in [-0.25, -0.2) is 0 Å². The van der Waals surface area contributed by atoms with Crippen LogP contribution in [0.15, 0.2) is 18.2 Å². The summed E-state index contributed by atoms with van der Waals surface area (Å²) in [6.45, 7) is 2.24. The van der Waals surface area contributed by atoms with E-state index in [1.165, 1.54) is 5.56 Å². The molecular weight excluding hydrogens is 198 g/mol. The predicted molar refractivity (Wildman–Crippen MR) is 58.9 cm³/mol. The first kappa shape index (κ1) is 9.81. The first-order valence-corrected chi connectivity index (χ1v) is 5.24. The molecule has 0 aliphatic carbocycles. The number of fused-ring (bicyclic) bond motifs is 1. The summed E-state index contributed by atoms with van der Waals surface area (Å²) >= 11 is 5.91. The lowest BCUT2D eigenvalue weighted by Crippen LogP contribution is -2.39. The van der Waals surface area contributed by atoms with E-state index in [2.05, 4.69) is 12.2 Å². The van der Waals surface area contributed by atoms with Crippen LogP contribution in [0.25, 0.3) is 0 Å². The zero-order valence-corrected chi connectivity index (χ0v) is 8.93. The van der Waals surface area contributed by atoms with Gasteiger partial charge in [-0.2, -0.15) is 0 Å². The van der Waals surface area contributed by atoms with Crippen LogP contribution in [0, 0.1) is 0 Å². The molecule has 2 N–H and O–H groups in total. The highest BCUT2D eigenvalue weighted by Gasteiger charge is 2.34. The molecule has 0 amide bonds. The van der Waals surface area contributed by atoms with Crippen molar-refractivity contribution in [2.24, 2.45) is 0 Å². The van der Waals surface area contributed by atoms with Gasteiger partial charge in [-0.3, -0.25) is 0 Å². The van der Waals surface area contributed by atoms with Crippen LogP contribution < -0.4 is 5.32 Å². The van der Waals surface area contributed by atoms with Gasteiger partial charge in [-0.05, 0) is 36.6 Å². The molecule has 3 heteroatoms. The van der Waals surface area contributed by atoms with E-state index in [0.29, 0.717) is 0 Å². The lowest BCUT2D eigenvalue weighted by Gasteiger charge is -2.25. The quantitative estimate of drug-likeness (QED) is 0.788. The molecule has 0 aromatic heterocycles. The number of aliphatic hydroxyl groups is 1. The van der Waals surface area contributed by atoms with E-state index in [0.717, 1.165) is 23.6 Å². The summed E-state index contributed by atoms with van der Waals surface area (Å²) in [6, 6.07) is 5.82. The van der Waals surface area contributed by atoms with E-state index in [9.17, 15) is 5.11 Å². The van der Waals surface area contributed by atoms with Gasteiger partial charge in [0.1, 0.15) is 0 Å². The Morgan fingerprint density at radius 2 is 2.36 bits per heavy atom. The zero-order chi connectivity index (χ0) is 10.2. The molecule has 0 spiro atoms. The standard InChI is InChI=1S/C11H14ClNO/c1-2-11(7-14)6-8-5-9(12)3-4-10(8)13-11/h3-5,13-14H,2,6-7H2,1H3. The Hall–Kier alpha value is -0.730. The maximum absolute atomic E-state index is 9.36. The van der Waals surface area contributed by atoms with E-state index in [-0.39, 0.29) is 12.1 Å². The second kappa shape index (κ2) is 3.44. The minimum atomic E-state index is -0.174. The van der Waals surface area contributed by atoms with Crippen molar-refractivity contribution in [3.8, 4) is 0 Å². The Labute approximate surface area is 88.9 Å². The summed E-state index contributed by atoms with van der Waals surface area (Å²) < 4.78 is 0. The molecule has 1 heterocycles. The highest BCUT2D eigenvalue weighted by Crippen LogP contribution is 2.35. The summed E-state index contributed by atoms with van der Waals surface area (Å²) in [4.78, 5) is 0. The van der Waals surface area contributed by atoms with E-state index >= 15 is 0 Å². The van der Waals surface area contributed by atoms with Crippen molar-refractivity contribution in [3.63, 3.8) is 0 Å². The van der Waals surface area contributed by atoms with Crippen LogP contribution in [0.4, 0.5) is 5.69 Å². The minimum Gasteiger partial charge on any atom is -0.394 e. The van der Waals surface area contributed by atoms with Crippen molar-refractivity contribution >= 4 is 17.3 Å². The summed E-state index contributed by atoms with van der Waals surface area (Å²) in [5, 5.41) is 13.5. The normalized spacial score (nSPS) is 24.5. The second-order valence-corrected chi connectivity index (χ2v) is 4.33. The Bertz CT molecular complexity index is 347. The first-order valence-electron chi connectivity index (χ1n) is 4.86. The third kappa shape index (κ3) is 1.49. The van der Waals surface area contributed by atoms with Gasteiger partial charge in [-0.15, -0.1) is 0 Å². The molecule has 0 radical (unpaired) electrons. The van der Waals surface area contributed by atoms with Crippen LogP contribution >= 0.6 is 11.6 Å². The molecule has 76 valence electrons. The van der Waals surface area contributed by atoms with Gasteiger partial charge < -0.3 is 10.4 Å². The molecule has 1 aromatic carbocycles. The number of benzene rings is 1. The number of aliphatic hydroxyl groups excluding tert-OH is 1. The SMILES string of the molecule is CCC1(CO)Cc2cc(Cl)ccc2N1. The first-order chi connectivity index (χ1) is 6.69. The minimum absolute atomic E-state index is 0.162. The molecule has 1 unspecified atom stereocenters. The Kier molecular flexibility index (Phi) is 2.41. The van der Waals surface area contributed by atoms with Gasteiger partial charge in [0.2, 0.25) is 0 Å². The predicted octanol–water partition coefficient (Wildman–Crippen LogP) is 2.45. The fraction of sp³-hybridized carbons (Fsp3) is 0.455. The van der Waals surface area contributed by atoms with E-state index in [4.69, 9.17) is 11.6 Å².